The van der Waals surface area contributed by atoms with Crippen LogP contribution in [0.4, 0.5) is 0 Å². The Hall–Kier alpha value is -0.560. The first kappa shape index (κ1) is 19.7. The topological polar surface area (TPSA) is 38.7 Å². The van der Waals surface area contributed by atoms with Gasteiger partial charge in [-0.15, -0.1) is 0 Å². The lowest BCUT2D eigenvalue weighted by Crippen LogP contribution is -2.54. The van der Waals surface area contributed by atoms with E-state index in [0.29, 0.717) is 22.9 Å². The number of aliphatic hydroxyl groups excluding tert-OH is 1. The number of methoxy groups -OCH3 is 2. The fourth-order valence-electron chi connectivity index (χ4n) is 7.98. The quantitative estimate of drug-likeness (QED) is 0.566. The first-order valence-corrected chi connectivity index (χ1v) is 11.2. The van der Waals surface area contributed by atoms with Gasteiger partial charge in [-0.2, -0.15) is 0 Å². The number of hydrogen-bond acceptors (Lipinski definition) is 3. The second kappa shape index (κ2) is 7.36. The first-order valence-electron chi connectivity index (χ1n) is 11.2. The van der Waals surface area contributed by atoms with Gasteiger partial charge in [-0.1, -0.05) is 19.8 Å². The van der Waals surface area contributed by atoms with Gasteiger partial charge in [0.25, 0.3) is 0 Å². The molecular weight excluding hydrogens is 336 g/mol. The molecular formula is C24H38O3. The van der Waals surface area contributed by atoms with Gasteiger partial charge in [0.05, 0.1) is 6.10 Å². The number of hydrogen-bond donors (Lipinski definition) is 1. The van der Waals surface area contributed by atoms with Crippen molar-refractivity contribution in [3.8, 4) is 11.8 Å². The Balaban J connectivity index is 1.49. The molecule has 9 atom stereocenters. The molecule has 3 nitrogen and oxygen atoms in total. The predicted octanol–water partition coefficient (Wildman–Crippen LogP) is 4.63. The number of fused-ring (bicyclic) bond motifs is 5. The molecule has 0 aromatic rings. The summed E-state index contributed by atoms with van der Waals surface area (Å²) < 4.78 is 10.8. The average molecular weight is 375 g/mol. The third-order valence-corrected chi connectivity index (χ3v) is 9.50. The minimum absolute atomic E-state index is 0.415. The molecule has 1 N–H and O–H groups in total. The molecule has 4 saturated carbocycles. The maximum Gasteiger partial charge on any atom is 0.219 e. The third kappa shape index (κ3) is 3.17. The average Bonchev–Trinajstić information content (AvgIpc) is 3.02. The number of aliphatic hydroxyl groups is 1. The van der Waals surface area contributed by atoms with Crippen molar-refractivity contribution in [1.82, 2.24) is 0 Å². The number of ether oxygens (including phenoxy) is 2. The molecule has 27 heavy (non-hydrogen) atoms. The molecule has 0 aliphatic heterocycles. The van der Waals surface area contributed by atoms with Gasteiger partial charge in [0.1, 0.15) is 0 Å². The van der Waals surface area contributed by atoms with E-state index in [-0.39, 0.29) is 0 Å². The van der Waals surface area contributed by atoms with Gasteiger partial charge in [0.15, 0.2) is 0 Å². The highest BCUT2D eigenvalue weighted by molar-refractivity contribution is 5.13. The zero-order valence-corrected chi connectivity index (χ0v) is 17.7. The van der Waals surface area contributed by atoms with Crippen LogP contribution in [0.15, 0.2) is 0 Å². The summed E-state index contributed by atoms with van der Waals surface area (Å²) in [5.74, 6) is 10.1. The van der Waals surface area contributed by atoms with E-state index in [9.17, 15) is 5.11 Å². The van der Waals surface area contributed by atoms with E-state index < -0.39 is 6.29 Å². The normalized spacial score (nSPS) is 50.0. The van der Waals surface area contributed by atoms with Crippen molar-refractivity contribution in [1.29, 1.82) is 0 Å². The molecule has 152 valence electrons. The van der Waals surface area contributed by atoms with Crippen molar-refractivity contribution in [2.45, 2.75) is 84.0 Å². The molecule has 0 aromatic carbocycles. The molecule has 4 fully saturated rings. The fourth-order valence-corrected chi connectivity index (χ4v) is 7.98. The van der Waals surface area contributed by atoms with E-state index in [2.05, 4.69) is 25.7 Å². The van der Waals surface area contributed by atoms with E-state index in [1.807, 2.05) is 7.11 Å². The SMILES string of the molecule is COC(O)C#CC1CC[C@@]2(C)C(CC[C@@H]3[C@H]2CC[C@]2(C)C(OC)CC[C@@H]32)C1. The molecule has 0 bridgehead atoms. The molecule has 0 heterocycles. The van der Waals surface area contributed by atoms with Crippen LogP contribution in [0.3, 0.4) is 0 Å². The minimum atomic E-state index is -0.929. The van der Waals surface area contributed by atoms with Gasteiger partial charge < -0.3 is 14.6 Å². The highest BCUT2D eigenvalue weighted by atomic mass is 16.6. The molecule has 4 aliphatic carbocycles. The lowest BCUT2D eigenvalue weighted by atomic mass is 9.44. The van der Waals surface area contributed by atoms with Gasteiger partial charge in [-0.3, -0.25) is 0 Å². The summed E-state index contributed by atoms with van der Waals surface area (Å²) in [4.78, 5) is 0. The second-order valence-electron chi connectivity index (χ2n) is 10.4. The van der Waals surface area contributed by atoms with E-state index in [4.69, 9.17) is 9.47 Å². The Labute approximate surface area is 165 Å². The lowest BCUT2D eigenvalue weighted by Gasteiger charge is -2.60. The van der Waals surface area contributed by atoms with Crippen LogP contribution in [0, 0.1) is 52.3 Å². The first-order chi connectivity index (χ1) is 12.9. The Bertz CT molecular complexity index is 606. The van der Waals surface area contributed by atoms with Crippen molar-refractivity contribution in [2.75, 3.05) is 14.2 Å². The van der Waals surface area contributed by atoms with E-state index >= 15 is 0 Å². The Morgan fingerprint density at radius 2 is 1.67 bits per heavy atom. The van der Waals surface area contributed by atoms with Crippen LogP contribution in [0.5, 0.6) is 0 Å². The van der Waals surface area contributed by atoms with Crippen LogP contribution in [0.2, 0.25) is 0 Å². The molecule has 4 rings (SSSR count). The molecule has 4 unspecified atom stereocenters. The van der Waals surface area contributed by atoms with Gasteiger partial charge >= 0.3 is 0 Å². The molecule has 0 saturated heterocycles. The summed E-state index contributed by atoms with van der Waals surface area (Å²) in [6, 6.07) is 0. The van der Waals surface area contributed by atoms with Gasteiger partial charge in [-0.25, -0.2) is 0 Å². The van der Waals surface area contributed by atoms with Crippen LogP contribution < -0.4 is 0 Å². The largest absolute Gasteiger partial charge is 0.381 e. The molecule has 3 heteroatoms. The summed E-state index contributed by atoms with van der Waals surface area (Å²) in [6.45, 7) is 5.13. The maximum absolute atomic E-state index is 9.57. The smallest absolute Gasteiger partial charge is 0.219 e. The van der Waals surface area contributed by atoms with Gasteiger partial charge in [0.2, 0.25) is 6.29 Å². The van der Waals surface area contributed by atoms with Crippen LogP contribution in [0.25, 0.3) is 0 Å². The maximum atomic E-state index is 9.57. The Kier molecular flexibility index (Phi) is 5.38. The zero-order chi connectivity index (χ0) is 19.2. The van der Waals surface area contributed by atoms with Crippen LogP contribution in [-0.4, -0.2) is 31.7 Å². The highest BCUT2D eigenvalue weighted by Crippen LogP contribution is 2.66. The summed E-state index contributed by atoms with van der Waals surface area (Å²) in [6.07, 6.45) is 11.4. The molecule has 0 aromatic heterocycles. The van der Waals surface area contributed by atoms with Crippen molar-refractivity contribution in [2.24, 2.45) is 40.4 Å². The Morgan fingerprint density at radius 1 is 0.926 bits per heavy atom. The third-order valence-electron chi connectivity index (χ3n) is 9.50. The summed E-state index contributed by atoms with van der Waals surface area (Å²) in [5, 5.41) is 9.57. The number of rotatable bonds is 2. The van der Waals surface area contributed by atoms with Crippen molar-refractivity contribution in [3.05, 3.63) is 0 Å². The van der Waals surface area contributed by atoms with Crippen LogP contribution in [-0.2, 0) is 9.47 Å². The summed E-state index contributed by atoms with van der Waals surface area (Å²) >= 11 is 0. The standard InChI is InChI=1S/C24H38O3/c1-23-13-11-16(5-10-22(25)27-4)15-17(23)6-7-18-19-8-9-21(26-3)24(19,2)14-12-20(18)23/h16-22,25H,6-9,11-15H2,1-4H3/t16?,17?,18-,19-,20+,21?,22?,23-,24-/m0/s1. The summed E-state index contributed by atoms with van der Waals surface area (Å²) in [5.41, 5.74) is 0.908. The zero-order valence-electron chi connectivity index (χ0n) is 17.7. The Morgan fingerprint density at radius 3 is 2.41 bits per heavy atom. The van der Waals surface area contributed by atoms with Crippen molar-refractivity contribution >= 4 is 0 Å². The van der Waals surface area contributed by atoms with E-state index in [0.717, 1.165) is 23.7 Å². The lowest BCUT2D eigenvalue weighted by molar-refractivity contribution is -0.128. The molecule has 0 radical (unpaired) electrons. The second-order valence-corrected chi connectivity index (χ2v) is 10.4. The molecule has 0 spiro atoms. The monoisotopic (exact) mass is 374 g/mol. The van der Waals surface area contributed by atoms with Crippen LogP contribution in [0.1, 0.15) is 71.6 Å². The van der Waals surface area contributed by atoms with E-state index in [1.165, 1.54) is 64.9 Å². The van der Waals surface area contributed by atoms with Gasteiger partial charge in [-0.05, 0) is 98.2 Å². The minimum Gasteiger partial charge on any atom is -0.381 e. The molecule has 0 amide bonds. The fraction of sp³-hybridized carbons (Fsp3) is 0.917. The highest BCUT2D eigenvalue weighted by Gasteiger charge is 2.60. The predicted molar refractivity (Wildman–Crippen MR) is 107 cm³/mol. The van der Waals surface area contributed by atoms with E-state index in [1.54, 1.807) is 0 Å². The van der Waals surface area contributed by atoms with Crippen LogP contribution >= 0.6 is 0 Å². The molecule has 4 aliphatic rings. The van der Waals surface area contributed by atoms with Crippen molar-refractivity contribution in [3.63, 3.8) is 0 Å². The van der Waals surface area contributed by atoms with Gasteiger partial charge in [0, 0.05) is 20.1 Å². The van der Waals surface area contributed by atoms with Crippen molar-refractivity contribution < 1.29 is 14.6 Å². The summed E-state index contributed by atoms with van der Waals surface area (Å²) in [7, 11) is 3.43.